The number of carbonyl (C=O) groups excluding carboxylic acids is 1. The average molecular weight is 370 g/mol. The SMILES string of the molecule is CCCCS(=O)(=O)N1CCC(C(=O)NCc2nc(C3CC3)no2)CC1. The molecule has 2 fully saturated rings. The summed E-state index contributed by atoms with van der Waals surface area (Å²) in [5.41, 5.74) is 0. The topological polar surface area (TPSA) is 105 Å². The maximum absolute atomic E-state index is 12.3. The summed E-state index contributed by atoms with van der Waals surface area (Å²) in [7, 11) is -3.18. The van der Waals surface area contributed by atoms with Crippen LogP contribution in [0.25, 0.3) is 0 Å². The fourth-order valence-electron chi connectivity index (χ4n) is 3.01. The van der Waals surface area contributed by atoms with E-state index in [1.54, 1.807) is 0 Å². The van der Waals surface area contributed by atoms with Gasteiger partial charge in [-0.15, -0.1) is 0 Å². The Morgan fingerprint density at radius 1 is 1.28 bits per heavy atom. The first-order chi connectivity index (χ1) is 12.0. The van der Waals surface area contributed by atoms with Gasteiger partial charge in [-0.25, -0.2) is 12.7 Å². The number of nitrogens with one attached hydrogen (secondary N) is 1. The molecule has 3 rings (SSSR count). The van der Waals surface area contributed by atoms with Crippen molar-refractivity contribution in [1.82, 2.24) is 19.8 Å². The Morgan fingerprint density at radius 2 is 2.00 bits per heavy atom. The normalized spacial score (nSPS) is 19.9. The Labute approximate surface area is 148 Å². The van der Waals surface area contributed by atoms with Gasteiger partial charge < -0.3 is 9.84 Å². The van der Waals surface area contributed by atoms with Crippen LogP contribution in [0.4, 0.5) is 0 Å². The molecule has 0 radical (unpaired) electrons. The van der Waals surface area contributed by atoms with E-state index in [4.69, 9.17) is 4.52 Å². The largest absolute Gasteiger partial charge is 0.347 e. The van der Waals surface area contributed by atoms with E-state index in [1.807, 2.05) is 6.92 Å². The van der Waals surface area contributed by atoms with Gasteiger partial charge in [-0.3, -0.25) is 4.79 Å². The second kappa shape index (κ2) is 7.82. The molecule has 0 atom stereocenters. The first-order valence-corrected chi connectivity index (χ1v) is 10.7. The van der Waals surface area contributed by atoms with E-state index < -0.39 is 10.0 Å². The van der Waals surface area contributed by atoms with Crippen LogP contribution in [0.5, 0.6) is 0 Å². The lowest BCUT2D eigenvalue weighted by Gasteiger charge is -2.30. The first kappa shape index (κ1) is 18.3. The molecule has 0 aromatic carbocycles. The van der Waals surface area contributed by atoms with Crippen molar-refractivity contribution in [3.05, 3.63) is 11.7 Å². The summed E-state index contributed by atoms with van der Waals surface area (Å²) in [5.74, 6) is 1.54. The molecule has 1 saturated carbocycles. The number of hydrogen-bond donors (Lipinski definition) is 1. The van der Waals surface area contributed by atoms with Crippen LogP contribution < -0.4 is 5.32 Å². The number of nitrogens with zero attached hydrogens (tertiary/aromatic N) is 3. The number of carbonyl (C=O) groups is 1. The van der Waals surface area contributed by atoms with Gasteiger partial charge in [0, 0.05) is 24.9 Å². The van der Waals surface area contributed by atoms with Crippen molar-refractivity contribution in [3.8, 4) is 0 Å². The molecule has 1 aliphatic carbocycles. The lowest BCUT2D eigenvalue weighted by molar-refractivity contribution is -0.126. The third kappa shape index (κ3) is 4.78. The van der Waals surface area contributed by atoms with Gasteiger partial charge in [0.2, 0.25) is 21.8 Å². The summed E-state index contributed by atoms with van der Waals surface area (Å²) in [4.78, 5) is 16.6. The molecule has 1 aliphatic heterocycles. The third-order valence-corrected chi connectivity index (χ3v) is 6.77. The van der Waals surface area contributed by atoms with E-state index in [2.05, 4.69) is 15.5 Å². The van der Waals surface area contributed by atoms with Crippen LogP contribution in [-0.2, 0) is 21.4 Å². The van der Waals surface area contributed by atoms with Crippen LogP contribution in [0.1, 0.15) is 63.1 Å². The fourth-order valence-corrected chi connectivity index (χ4v) is 4.69. The molecule has 0 bridgehead atoms. The summed E-state index contributed by atoms with van der Waals surface area (Å²) in [6, 6.07) is 0. The second-order valence-corrected chi connectivity index (χ2v) is 8.97. The van der Waals surface area contributed by atoms with Crippen molar-refractivity contribution in [2.75, 3.05) is 18.8 Å². The van der Waals surface area contributed by atoms with Gasteiger partial charge in [0.1, 0.15) is 0 Å². The van der Waals surface area contributed by atoms with Gasteiger partial charge in [-0.2, -0.15) is 4.98 Å². The van der Waals surface area contributed by atoms with Crippen LogP contribution in [-0.4, -0.2) is 47.6 Å². The predicted molar refractivity (Wildman–Crippen MR) is 91.1 cm³/mol. The van der Waals surface area contributed by atoms with E-state index in [0.29, 0.717) is 44.2 Å². The summed E-state index contributed by atoms with van der Waals surface area (Å²) in [6.45, 7) is 3.03. The lowest BCUT2D eigenvalue weighted by Crippen LogP contribution is -2.43. The minimum absolute atomic E-state index is 0.0724. The number of aromatic nitrogens is 2. The van der Waals surface area contributed by atoms with E-state index >= 15 is 0 Å². The molecule has 0 spiro atoms. The van der Waals surface area contributed by atoms with Crippen LogP contribution in [0.15, 0.2) is 4.52 Å². The number of hydrogen-bond acceptors (Lipinski definition) is 6. The second-order valence-electron chi connectivity index (χ2n) is 6.88. The van der Waals surface area contributed by atoms with Crippen LogP contribution in [0.2, 0.25) is 0 Å². The van der Waals surface area contributed by atoms with Crippen molar-refractivity contribution in [2.24, 2.45) is 5.92 Å². The minimum atomic E-state index is -3.18. The highest BCUT2D eigenvalue weighted by atomic mass is 32.2. The number of rotatable bonds is 8. The predicted octanol–water partition coefficient (Wildman–Crippen LogP) is 1.41. The molecule has 0 unspecified atom stereocenters. The van der Waals surface area contributed by atoms with Gasteiger partial charge in [0.15, 0.2) is 5.82 Å². The minimum Gasteiger partial charge on any atom is -0.347 e. The molecule has 1 saturated heterocycles. The smallest absolute Gasteiger partial charge is 0.246 e. The van der Waals surface area contributed by atoms with Gasteiger partial charge in [0.25, 0.3) is 0 Å². The molecule has 1 aromatic heterocycles. The van der Waals surface area contributed by atoms with Crippen molar-refractivity contribution in [1.29, 1.82) is 0 Å². The van der Waals surface area contributed by atoms with Crippen LogP contribution in [0, 0.1) is 5.92 Å². The van der Waals surface area contributed by atoms with E-state index in [-0.39, 0.29) is 24.1 Å². The molecule has 140 valence electrons. The summed E-state index contributed by atoms with van der Waals surface area (Å²) >= 11 is 0. The molecular formula is C16H26N4O4S. The number of sulfonamides is 1. The fraction of sp³-hybridized carbons (Fsp3) is 0.812. The van der Waals surface area contributed by atoms with Crippen molar-refractivity contribution >= 4 is 15.9 Å². The van der Waals surface area contributed by atoms with Gasteiger partial charge in [-0.05, 0) is 32.1 Å². The van der Waals surface area contributed by atoms with E-state index in [1.165, 1.54) is 4.31 Å². The highest BCUT2D eigenvalue weighted by molar-refractivity contribution is 7.89. The molecule has 2 aliphatic rings. The summed E-state index contributed by atoms with van der Waals surface area (Å²) in [5, 5.41) is 6.75. The van der Waals surface area contributed by atoms with Gasteiger partial charge in [0.05, 0.1) is 12.3 Å². The lowest BCUT2D eigenvalue weighted by atomic mass is 9.97. The molecule has 25 heavy (non-hydrogen) atoms. The van der Waals surface area contributed by atoms with Crippen molar-refractivity contribution in [3.63, 3.8) is 0 Å². The maximum Gasteiger partial charge on any atom is 0.246 e. The highest BCUT2D eigenvalue weighted by Gasteiger charge is 2.31. The number of amides is 1. The monoisotopic (exact) mass is 370 g/mol. The highest BCUT2D eigenvalue weighted by Crippen LogP contribution is 2.38. The maximum atomic E-state index is 12.3. The van der Waals surface area contributed by atoms with Gasteiger partial charge >= 0.3 is 0 Å². The summed E-state index contributed by atoms with van der Waals surface area (Å²) < 4.78 is 31.0. The molecular weight excluding hydrogens is 344 g/mol. The van der Waals surface area contributed by atoms with Crippen molar-refractivity contribution < 1.29 is 17.7 Å². The quantitative estimate of drug-likeness (QED) is 0.742. The Kier molecular flexibility index (Phi) is 5.73. The third-order valence-electron chi connectivity index (χ3n) is 4.81. The molecule has 8 nitrogen and oxygen atoms in total. The van der Waals surface area contributed by atoms with E-state index in [9.17, 15) is 13.2 Å². The standard InChI is InChI=1S/C16H26N4O4S/c1-2-3-10-25(22,23)20-8-6-13(7-9-20)16(21)17-11-14-18-15(19-24-14)12-4-5-12/h12-13H,2-11H2,1H3,(H,17,21). The summed E-state index contributed by atoms with van der Waals surface area (Å²) in [6.07, 6.45) is 4.84. The number of piperidine rings is 1. The average Bonchev–Trinajstić information content (AvgIpc) is 3.36. The molecule has 1 aromatic rings. The Morgan fingerprint density at radius 3 is 2.64 bits per heavy atom. The molecule has 1 amide bonds. The Bertz CT molecular complexity index is 691. The van der Waals surface area contributed by atoms with Crippen molar-refractivity contribution in [2.45, 2.75) is 57.9 Å². The van der Waals surface area contributed by atoms with Crippen LogP contribution >= 0.6 is 0 Å². The Hall–Kier alpha value is -1.48. The molecule has 9 heteroatoms. The number of unbranched alkanes of at least 4 members (excludes halogenated alkanes) is 1. The first-order valence-electron chi connectivity index (χ1n) is 9.07. The molecule has 1 N–H and O–H groups in total. The zero-order chi connectivity index (χ0) is 17.9. The zero-order valence-electron chi connectivity index (χ0n) is 14.6. The molecule has 2 heterocycles. The Balaban J connectivity index is 1.43. The van der Waals surface area contributed by atoms with Gasteiger partial charge in [-0.1, -0.05) is 18.5 Å². The zero-order valence-corrected chi connectivity index (χ0v) is 15.4. The van der Waals surface area contributed by atoms with Crippen LogP contribution in [0.3, 0.4) is 0 Å². The van der Waals surface area contributed by atoms with E-state index in [0.717, 1.165) is 25.1 Å².